The molecule has 4 rings (SSSR count). The summed E-state index contributed by atoms with van der Waals surface area (Å²) < 4.78 is 5.35. The largest absolute Gasteiger partial charge is 0.379 e. The molecule has 0 aromatic heterocycles. The third-order valence-electron chi connectivity index (χ3n) is 6.78. The van der Waals surface area contributed by atoms with Gasteiger partial charge >= 0.3 is 0 Å². The van der Waals surface area contributed by atoms with Crippen molar-refractivity contribution in [2.24, 2.45) is 10.4 Å². The highest BCUT2D eigenvalue weighted by Gasteiger charge is 2.43. The Morgan fingerprint density at radius 1 is 1.20 bits per heavy atom. The van der Waals surface area contributed by atoms with Gasteiger partial charge in [-0.25, -0.2) is 0 Å². The second-order valence-electron chi connectivity index (χ2n) is 8.88. The first kappa shape index (κ1) is 21.1. The van der Waals surface area contributed by atoms with Crippen molar-refractivity contribution in [3.8, 4) is 0 Å². The van der Waals surface area contributed by atoms with Crippen molar-refractivity contribution >= 4 is 17.6 Å². The summed E-state index contributed by atoms with van der Waals surface area (Å²) in [6.07, 6.45) is 5.91. The number of hydrogen-bond acceptors (Lipinski definition) is 4. The van der Waals surface area contributed by atoms with E-state index in [0.29, 0.717) is 18.4 Å². The van der Waals surface area contributed by atoms with Gasteiger partial charge in [-0.1, -0.05) is 18.6 Å². The molecule has 3 fully saturated rings. The van der Waals surface area contributed by atoms with E-state index in [1.165, 1.54) is 25.7 Å². The van der Waals surface area contributed by atoms with Gasteiger partial charge in [-0.2, -0.15) is 0 Å². The fourth-order valence-corrected chi connectivity index (χ4v) is 4.78. The summed E-state index contributed by atoms with van der Waals surface area (Å²) in [5.74, 6) is 1.05. The minimum Gasteiger partial charge on any atom is -0.379 e. The Kier molecular flexibility index (Phi) is 6.89. The molecule has 1 aromatic rings. The van der Waals surface area contributed by atoms with Crippen LogP contribution in [-0.4, -0.2) is 74.7 Å². The number of morpholine rings is 1. The van der Waals surface area contributed by atoms with Gasteiger partial charge in [-0.15, -0.1) is 0 Å². The molecule has 2 N–H and O–H groups in total. The highest BCUT2D eigenvalue weighted by molar-refractivity contribution is 5.90. The quantitative estimate of drug-likeness (QED) is 0.553. The van der Waals surface area contributed by atoms with Crippen LogP contribution in [-0.2, 0) is 16.1 Å². The lowest BCUT2D eigenvalue weighted by molar-refractivity contribution is -0.116. The number of likely N-dealkylation sites (tertiary alicyclic amines) is 1. The molecule has 1 spiro atoms. The average molecular weight is 414 g/mol. The first-order valence-corrected chi connectivity index (χ1v) is 11.3. The smallest absolute Gasteiger partial charge is 0.225 e. The highest BCUT2D eigenvalue weighted by Crippen LogP contribution is 2.47. The average Bonchev–Trinajstić information content (AvgIpc) is 3.20. The SMILES string of the molecule is CN=C(NCc1cccc(NC(=O)CCN2CCOCC2)c1)N1CCC2(CCC2)C1. The van der Waals surface area contributed by atoms with Crippen LogP contribution in [0, 0.1) is 5.41 Å². The lowest BCUT2D eigenvalue weighted by Gasteiger charge is -2.38. The van der Waals surface area contributed by atoms with Crippen molar-refractivity contribution in [2.75, 3.05) is 58.3 Å². The number of nitrogens with one attached hydrogen (secondary N) is 2. The molecule has 1 aliphatic carbocycles. The van der Waals surface area contributed by atoms with Gasteiger partial charge in [-0.3, -0.25) is 14.7 Å². The number of nitrogens with zero attached hydrogens (tertiary/aromatic N) is 3. The molecule has 0 bridgehead atoms. The lowest BCUT2D eigenvalue weighted by atomic mass is 9.68. The zero-order chi connectivity index (χ0) is 20.8. The first-order valence-electron chi connectivity index (χ1n) is 11.3. The van der Waals surface area contributed by atoms with Crippen molar-refractivity contribution in [3.63, 3.8) is 0 Å². The minimum absolute atomic E-state index is 0.0604. The zero-order valence-electron chi connectivity index (χ0n) is 18.2. The van der Waals surface area contributed by atoms with Gasteiger partial charge in [0.15, 0.2) is 5.96 Å². The normalized spacial score (nSPS) is 21.5. The number of amides is 1. The summed E-state index contributed by atoms with van der Waals surface area (Å²) in [6, 6.07) is 8.08. The predicted octanol–water partition coefficient (Wildman–Crippen LogP) is 2.30. The molecule has 7 heteroatoms. The molecule has 0 radical (unpaired) electrons. The lowest BCUT2D eigenvalue weighted by Crippen LogP contribution is -2.42. The zero-order valence-corrected chi connectivity index (χ0v) is 18.2. The van der Waals surface area contributed by atoms with Gasteiger partial charge in [0, 0.05) is 58.4 Å². The van der Waals surface area contributed by atoms with Gasteiger partial charge in [-0.05, 0) is 42.4 Å². The van der Waals surface area contributed by atoms with E-state index in [4.69, 9.17) is 4.74 Å². The van der Waals surface area contributed by atoms with Crippen LogP contribution in [0.1, 0.15) is 37.7 Å². The van der Waals surface area contributed by atoms with E-state index in [-0.39, 0.29) is 5.91 Å². The number of ether oxygens (including phenoxy) is 1. The standard InChI is InChI=1S/C23H35N5O2/c1-24-22(28-11-9-23(18-28)7-3-8-23)25-17-19-4-2-5-20(16-19)26-21(29)6-10-27-12-14-30-15-13-27/h2,4-5,16H,3,6-15,17-18H2,1H3,(H,24,25)(H,26,29). The van der Waals surface area contributed by atoms with Gasteiger partial charge in [0.05, 0.1) is 13.2 Å². The predicted molar refractivity (Wildman–Crippen MR) is 120 cm³/mol. The van der Waals surface area contributed by atoms with Gasteiger partial charge in [0.2, 0.25) is 5.91 Å². The monoisotopic (exact) mass is 413 g/mol. The summed E-state index contributed by atoms with van der Waals surface area (Å²) in [4.78, 5) is 21.5. The summed E-state index contributed by atoms with van der Waals surface area (Å²) >= 11 is 0. The topological polar surface area (TPSA) is 69.2 Å². The number of hydrogen-bond donors (Lipinski definition) is 2. The van der Waals surface area contributed by atoms with Crippen molar-refractivity contribution in [3.05, 3.63) is 29.8 Å². The second-order valence-corrected chi connectivity index (χ2v) is 8.88. The summed E-state index contributed by atoms with van der Waals surface area (Å²) in [6.45, 7) is 7.06. The molecule has 1 saturated carbocycles. The number of carbonyl (C=O) groups excluding carboxylic acids is 1. The highest BCUT2D eigenvalue weighted by atomic mass is 16.5. The Balaban J connectivity index is 1.24. The van der Waals surface area contributed by atoms with Crippen LogP contribution < -0.4 is 10.6 Å². The third kappa shape index (κ3) is 5.32. The third-order valence-corrected chi connectivity index (χ3v) is 6.78. The van der Waals surface area contributed by atoms with Crippen molar-refractivity contribution in [1.29, 1.82) is 0 Å². The fraction of sp³-hybridized carbons (Fsp3) is 0.652. The van der Waals surface area contributed by atoms with Crippen LogP contribution in [0.15, 0.2) is 29.3 Å². The number of benzene rings is 1. The summed E-state index contributed by atoms with van der Waals surface area (Å²) in [5.41, 5.74) is 2.55. The van der Waals surface area contributed by atoms with E-state index in [0.717, 1.165) is 63.1 Å². The Morgan fingerprint density at radius 2 is 2.03 bits per heavy atom. The van der Waals surface area contributed by atoms with Crippen LogP contribution in [0.5, 0.6) is 0 Å². The van der Waals surface area contributed by atoms with E-state index in [1.54, 1.807) is 0 Å². The molecule has 2 heterocycles. The number of anilines is 1. The maximum Gasteiger partial charge on any atom is 0.225 e. The van der Waals surface area contributed by atoms with Crippen LogP contribution in [0.2, 0.25) is 0 Å². The van der Waals surface area contributed by atoms with E-state index >= 15 is 0 Å². The molecule has 2 aliphatic heterocycles. The maximum atomic E-state index is 12.3. The molecule has 0 unspecified atom stereocenters. The molecular formula is C23H35N5O2. The number of rotatable bonds is 6. The van der Waals surface area contributed by atoms with Crippen LogP contribution in [0.4, 0.5) is 5.69 Å². The summed E-state index contributed by atoms with van der Waals surface area (Å²) in [7, 11) is 1.86. The fourth-order valence-electron chi connectivity index (χ4n) is 4.78. The second kappa shape index (κ2) is 9.79. The van der Waals surface area contributed by atoms with Crippen LogP contribution in [0.25, 0.3) is 0 Å². The molecule has 1 aromatic carbocycles. The molecule has 1 amide bonds. The first-order chi connectivity index (χ1) is 14.7. The molecule has 0 atom stereocenters. The molecule has 2 saturated heterocycles. The minimum atomic E-state index is 0.0604. The van der Waals surface area contributed by atoms with Crippen molar-refractivity contribution in [1.82, 2.24) is 15.1 Å². The Morgan fingerprint density at radius 3 is 2.73 bits per heavy atom. The Labute approximate surface area is 179 Å². The van der Waals surface area contributed by atoms with E-state index in [1.807, 2.05) is 25.2 Å². The molecule has 30 heavy (non-hydrogen) atoms. The van der Waals surface area contributed by atoms with Gasteiger partial charge in [0.1, 0.15) is 0 Å². The van der Waals surface area contributed by atoms with Crippen LogP contribution >= 0.6 is 0 Å². The summed E-state index contributed by atoms with van der Waals surface area (Å²) in [5, 5.41) is 6.55. The molecular weight excluding hydrogens is 378 g/mol. The van der Waals surface area contributed by atoms with Gasteiger partial charge in [0.25, 0.3) is 0 Å². The maximum absolute atomic E-state index is 12.3. The number of aliphatic imine (C=N–C) groups is 1. The number of carbonyl (C=O) groups is 1. The van der Waals surface area contributed by atoms with E-state index in [2.05, 4.69) is 31.5 Å². The van der Waals surface area contributed by atoms with Crippen molar-refractivity contribution < 1.29 is 9.53 Å². The Hall–Kier alpha value is -2.12. The van der Waals surface area contributed by atoms with E-state index in [9.17, 15) is 4.79 Å². The van der Waals surface area contributed by atoms with Crippen molar-refractivity contribution in [2.45, 2.75) is 38.6 Å². The van der Waals surface area contributed by atoms with Gasteiger partial charge < -0.3 is 20.3 Å². The van der Waals surface area contributed by atoms with Crippen LogP contribution in [0.3, 0.4) is 0 Å². The Bertz CT molecular complexity index is 756. The van der Waals surface area contributed by atoms with E-state index < -0.39 is 0 Å². The molecule has 7 nitrogen and oxygen atoms in total. The molecule has 3 aliphatic rings. The molecule has 164 valence electrons. The number of guanidine groups is 1.